The van der Waals surface area contributed by atoms with Crippen molar-refractivity contribution in [2.75, 3.05) is 0 Å². The number of allylic oxidation sites excluding steroid dienone is 1. The first kappa shape index (κ1) is 8.64. The summed E-state index contributed by atoms with van der Waals surface area (Å²) in [5, 5.41) is 0. The molecule has 1 aromatic rings. The maximum atomic E-state index is 3.61. The van der Waals surface area contributed by atoms with Crippen molar-refractivity contribution in [3.63, 3.8) is 0 Å². The number of rotatable bonds is 2. The molecule has 0 aliphatic rings. The average molecular weight is 208 g/mol. The minimum Gasteiger partial charge on any atom is -0.351 e. The van der Waals surface area contributed by atoms with Crippen LogP contribution in [0, 0.1) is 0 Å². The average Bonchev–Trinajstić information content (AvgIpc) is 2.19. The quantitative estimate of drug-likeness (QED) is 0.514. The van der Waals surface area contributed by atoms with E-state index in [0.29, 0.717) is 0 Å². The molecular weight excluding hydrogens is 199 g/mol. The van der Waals surface area contributed by atoms with E-state index in [4.69, 9.17) is 0 Å². The number of hydrogen-bond acceptors (Lipinski definition) is 0. The van der Waals surface area contributed by atoms with Crippen molar-refractivity contribution in [1.29, 1.82) is 0 Å². The van der Waals surface area contributed by atoms with Crippen molar-refractivity contribution in [1.82, 2.24) is 4.57 Å². The summed E-state index contributed by atoms with van der Waals surface area (Å²) >= 11 is 0. The van der Waals surface area contributed by atoms with Crippen molar-refractivity contribution in [3.05, 3.63) is 37.2 Å². The summed E-state index contributed by atoms with van der Waals surface area (Å²) < 4.78 is 2.06. The van der Waals surface area contributed by atoms with Crippen LogP contribution >= 0.6 is 0 Å². The number of hydrogen-bond donors (Lipinski definition) is 0. The third-order valence-corrected chi connectivity index (χ3v) is 1.01. The van der Waals surface area contributed by atoms with Crippen molar-refractivity contribution in [2.45, 2.75) is 6.54 Å². The normalized spacial score (nSPS) is 8.00. The van der Waals surface area contributed by atoms with E-state index >= 15 is 0 Å². The third kappa shape index (κ3) is 2.62. The first-order chi connectivity index (χ1) is 3.93. The Bertz CT molecular complexity index is 155. The monoisotopic (exact) mass is 209 g/mol. The molecule has 9 heavy (non-hydrogen) atoms. The minimum absolute atomic E-state index is 0. The van der Waals surface area contributed by atoms with Gasteiger partial charge in [-0.15, -0.1) is 6.58 Å². The maximum Gasteiger partial charge on any atom is 0.0397 e. The van der Waals surface area contributed by atoms with Gasteiger partial charge in [0.15, 0.2) is 0 Å². The molecule has 2 heteroatoms. The van der Waals surface area contributed by atoms with Crippen molar-refractivity contribution in [2.24, 2.45) is 0 Å². The molecule has 0 amide bonds. The van der Waals surface area contributed by atoms with E-state index in [1.165, 1.54) is 0 Å². The molecule has 1 heterocycles. The number of nitrogens with zero attached hydrogens (tertiary/aromatic N) is 1. The Morgan fingerprint density at radius 2 is 1.89 bits per heavy atom. The van der Waals surface area contributed by atoms with E-state index < -0.39 is 0 Å². The largest absolute Gasteiger partial charge is 0.351 e. The maximum absolute atomic E-state index is 3.61. The molecule has 0 N–H and O–H groups in total. The van der Waals surface area contributed by atoms with Gasteiger partial charge in [0, 0.05) is 38.4 Å². The van der Waals surface area contributed by atoms with Gasteiger partial charge in [0.05, 0.1) is 0 Å². The zero-order valence-corrected chi connectivity index (χ0v) is 6.84. The minimum atomic E-state index is 0. The van der Waals surface area contributed by atoms with Gasteiger partial charge in [-0.25, -0.2) is 0 Å². The fourth-order valence-corrected chi connectivity index (χ4v) is 0.641. The van der Waals surface area contributed by atoms with E-state index in [-0.39, 0.29) is 19.5 Å². The Hall–Kier alpha value is -0.357. The molecule has 0 aromatic carbocycles. The van der Waals surface area contributed by atoms with E-state index in [2.05, 4.69) is 11.1 Å². The summed E-state index contributed by atoms with van der Waals surface area (Å²) in [5.41, 5.74) is 0. The first-order valence-electron chi connectivity index (χ1n) is 2.65. The molecule has 1 nitrogen and oxygen atoms in total. The zero-order valence-electron chi connectivity index (χ0n) is 5.10. The molecule has 0 aliphatic carbocycles. The van der Waals surface area contributed by atoms with Crippen LogP contribution in [0.4, 0.5) is 0 Å². The second-order valence-electron chi connectivity index (χ2n) is 1.67. The molecule has 50 valence electrons. The van der Waals surface area contributed by atoms with Gasteiger partial charge >= 0.3 is 0 Å². The molecule has 0 bridgehead atoms. The van der Waals surface area contributed by atoms with Crippen molar-refractivity contribution < 1.29 is 19.5 Å². The van der Waals surface area contributed by atoms with Crippen LogP contribution in [0.15, 0.2) is 37.2 Å². The topological polar surface area (TPSA) is 4.93 Å². The molecule has 0 aliphatic heterocycles. The molecule has 0 saturated carbocycles. The van der Waals surface area contributed by atoms with Crippen LogP contribution in [0.2, 0.25) is 0 Å². The fraction of sp³-hybridized carbons (Fsp3) is 0.143. The summed E-state index contributed by atoms with van der Waals surface area (Å²) in [5.74, 6) is 0. The Kier molecular flexibility index (Phi) is 4.34. The SMILES string of the molecule is C=CCn1cccc1.[Ru]. The summed E-state index contributed by atoms with van der Waals surface area (Å²) in [7, 11) is 0. The Morgan fingerprint density at radius 3 is 2.33 bits per heavy atom. The summed E-state index contributed by atoms with van der Waals surface area (Å²) in [6.07, 6.45) is 5.91. The van der Waals surface area contributed by atoms with E-state index in [1.54, 1.807) is 0 Å². The Balaban J connectivity index is 0.000000640. The predicted molar refractivity (Wildman–Crippen MR) is 34.6 cm³/mol. The predicted octanol–water partition coefficient (Wildman–Crippen LogP) is 1.67. The van der Waals surface area contributed by atoms with Gasteiger partial charge < -0.3 is 4.57 Å². The third-order valence-electron chi connectivity index (χ3n) is 1.01. The molecule has 1 rings (SSSR count). The summed E-state index contributed by atoms with van der Waals surface area (Å²) in [4.78, 5) is 0. The van der Waals surface area contributed by atoms with Gasteiger partial charge in [-0.05, 0) is 12.1 Å². The molecular formula is C7H9NRu. The second-order valence-corrected chi connectivity index (χ2v) is 1.67. The van der Waals surface area contributed by atoms with Crippen LogP contribution in [0.1, 0.15) is 0 Å². The Morgan fingerprint density at radius 1 is 1.33 bits per heavy atom. The van der Waals surface area contributed by atoms with Crippen LogP contribution < -0.4 is 0 Å². The van der Waals surface area contributed by atoms with Gasteiger partial charge in [0.2, 0.25) is 0 Å². The molecule has 0 saturated heterocycles. The van der Waals surface area contributed by atoms with Crippen LogP contribution in [-0.4, -0.2) is 4.57 Å². The second kappa shape index (κ2) is 4.52. The molecule has 0 spiro atoms. The van der Waals surface area contributed by atoms with E-state index in [1.807, 2.05) is 30.6 Å². The van der Waals surface area contributed by atoms with E-state index in [9.17, 15) is 0 Å². The smallest absolute Gasteiger partial charge is 0.0397 e. The molecule has 0 atom stereocenters. The van der Waals surface area contributed by atoms with Crippen LogP contribution in [-0.2, 0) is 26.0 Å². The summed E-state index contributed by atoms with van der Waals surface area (Å²) in [6, 6.07) is 4.01. The van der Waals surface area contributed by atoms with Crippen molar-refractivity contribution in [3.8, 4) is 0 Å². The van der Waals surface area contributed by atoms with Gasteiger partial charge in [-0.1, -0.05) is 6.08 Å². The number of aromatic nitrogens is 1. The standard InChI is InChI=1S/C7H9N.Ru/c1-2-5-8-6-3-4-7-8;/h2-4,6-7H,1,5H2;. The van der Waals surface area contributed by atoms with E-state index in [0.717, 1.165) is 6.54 Å². The molecule has 0 fully saturated rings. The zero-order chi connectivity index (χ0) is 5.82. The van der Waals surface area contributed by atoms with Crippen LogP contribution in [0.5, 0.6) is 0 Å². The van der Waals surface area contributed by atoms with Crippen molar-refractivity contribution >= 4 is 0 Å². The Labute approximate surface area is 68.1 Å². The molecule has 1 aromatic heterocycles. The molecule has 0 radical (unpaired) electrons. The van der Waals surface area contributed by atoms with Gasteiger partial charge in [0.25, 0.3) is 0 Å². The first-order valence-corrected chi connectivity index (χ1v) is 2.65. The van der Waals surface area contributed by atoms with Gasteiger partial charge in [-0.3, -0.25) is 0 Å². The van der Waals surface area contributed by atoms with Gasteiger partial charge in [0.1, 0.15) is 0 Å². The van der Waals surface area contributed by atoms with Crippen LogP contribution in [0.25, 0.3) is 0 Å². The fourth-order valence-electron chi connectivity index (χ4n) is 0.641. The van der Waals surface area contributed by atoms with Crippen LogP contribution in [0.3, 0.4) is 0 Å². The summed E-state index contributed by atoms with van der Waals surface area (Å²) in [6.45, 7) is 4.52. The van der Waals surface area contributed by atoms with Gasteiger partial charge in [-0.2, -0.15) is 0 Å². The molecule has 0 unspecified atom stereocenters.